The Balaban J connectivity index is 1.70. The highest BCUT2D eigenvalue weighted by molar-refractivity contribution is 9.10. The Hall–Kier alpha value is -0.750. The molecule has 18 heavy (non-hydrogen) atoms. The molecule has 0 radical (unpaired) electrons. The minimum absolute atomic E-state index is 0.0478. The lowest BCUT2D eigenvalue weighted by atomic mass is 10.1. The van der Waals surface area contributed by atoms with Crippen molar-refractivity contribution in [2.45, 2.75) is 18.8 Å². The zero-order valence-corrected chi connectivity index (χ0v) is 11.5. The van der Waals surface area contributed by atoms with Crippen LogP contribution in [0.1, 0.15) is 12.8 Å². The number of hydrogen-bond acceptors (Lipinski definition) is 3. The van der Waals surface area contributed by atoms with Crippen LogP contribution < -0.4 is 4.74 Å². The van der Waals surface area contributed by atoms with Crippen LogP contribution in [0.25, 0.3) is 0 Å². The lowest BCUT2D eigenvalue weighted by molar-refractivity contribution is -0.0564. The van der Waals surface area contributed by atoms with Crippen molar-refractivity contribution in [3.63, 3.8) is 0 Å². The van der Waals surface area contributed by atoms with Gasteiger partial charge in [-0.15, -0.1) is 0 Å². The maximum absolute atomic E-state index is 12.9. The summed E-state index contributed by atoms with van der Waals surface area (Å²) in [5.41, 5.74) is 0. The van der Waals surface area contributed by atoms with Crippen LogP contribution >= 0.6 is 15.9 Å². The summed E-state index contributed by atoms with van der Waals surface area (Å²) in [6.45, 7) is 2.06. The maximum atomic E-state index is 12.9. The number of piperidine rings is 1. The molecule has 0 spiro atoms. The summed E-state index contributed by atoms with van der Waals surface area (Å²) < 4.78 is 32.1. The van der Waals surface area contributed by atoms with Gasteiger partial charge in [0.05, 0.1) is 0 Å². The molecule has 0 atom stereocenters. The Kier molecular flexibility index (Phi) is 4.50. The molecule has 1 fully saturated rings. The van der Waals surface area contributed by atoms with Gasteiger partial charge in [0.15, 0.2) is 0 Å². The van der Waals surface area contributed by atoms with E-state index in [1.54, 1.807) is 18.3 Å². The summed E-state index contributed by atoms with van der Waals surface area (Å²) in [6.07, 6.45) is 1.56. The Morgan fingerprint density at radius 1 is 1.39 bits per heavy atom. The standard InChI is InChI=1S/C12H15BrF2N2O/c13-11-9-10(1-4-16-11)18-8-7-17-5-2-12(14,15)3-6-17/h1,4,9H,2-3,5-8H2. The zero-order chi connectivity index (χ0) is 13.0. The van der Waals surface area contributed by atoms with Crippen LogP contribution in [0.3, 0.4) is 0 Å². The monoisotopic (exact) mass is 320 g/mol. The lowest BCUT2D eigenvalue weighted by Crippen LogP contribution is -2.41. The highest BCUT2D eigenvalue weighted by Gasteiger charge is 2.33. The zero-order valence-electron chi connectivity index (χ0n) is 9.91. The van der Waals surface area contributed by atoms with E-state index in [-0.39, 0.29) is 12.8 Å². The maximum Gasteiger partial charge on any atom is 0.250 e. The van der Waals surface area contributed by atoms with Crippen LogP contribution in [0.5, 0.6) is 5.75 Å². The fourth-order valence-electron chi connectivity index (χ4n) is 1.87. The summed E-state index contributed by atoms with van der Waals surface area (Å²) in [5, 5.41) is 0. The number of ether oxygens (including phenoxy) is 1. The first-order chi connectivity index (χ1) is 8.55. The second-order valence-corrected chi connectivity index (χ2v) is 5.17. The Labute approximate surface area is 113 Å². The number of pyridine rings is 1. The number of aromatic nitrogens is 1. The molecule has 0 aromatic carbocycles. The van der Waals surface area contributed by atoms with Crippen LogP contribution in [0.15, 0.2) is 22.9 Å². The Bertz CT molecular complexity index is 393. The van der Waals surface area contributed by atoms with Crippen molar-refractivity contribution in [2.24, 2.45) is 0 Å². The van der Waals surface area contributed by atoms with Gasteiger partial charge in [0.1, 0.15) is 17.0 Å². The van der Waals surface area contributed by atoms with Crippen molar-refractivity contribution in [1.29, 1.82) is 0 Å². The molecule has 100 valence electrons. The quantitative estimate of drug-likeness (QED) is 0.797. The van der Waals surface area contributed by atoms with Crippen molar-refractivity contribution in [3.05, 3.63) is 22.9 Å². The average Bonchev–Trinajstić information content (AvgIpc) is 2.31. The van der Waals surface area contributed by atoms with E-state index in [0.29, 0.717) is 26.2 Å². The normalized spacial score (nSPS) is 19.7. The van der Waals surface area contributed by atoms with Crippen LogP contribution in [-0.2, 0) is 0 Å². The molecule has 6 heteroatoms. The number of alkyl halides is 2. The van der Waals surface area contributed by atoms with Crippen LogP contribution in [0, 0.1) is 0 Å². The van der Waals surface area contributed by atoms with Crippen molar-refractivity contribution in [1.82, 2.24) is 9.88 Å². The average molecular weight is 321 g/mol. The lowest BCUT2D eigenvalue weighted by Gasteiger charge is -2.31. The largest absolute Gasteiger partial charge is 0.492 e. The molecule has 0 bridgehead atoms. The molecule has 1 aliphatic rings. The van der Waals surface area contributed by atoms with Gasteiger partial charge >= 0.3 is 0 Å². The summed E-state index contributed by atoms with van der Waals surface area (Å²) >= 11 is 3.26. The number of likely N-dealkylation sites (tertiary alicyclic amines) is 1. The smallest absolute Gasteiger partial charge is 0.250 e. The van der Waals surface area contributed by atoms with Crippen LogP contribution in [0.4, 0.5) is 8.78 Å². The van der Waals surface area contributed by atoms with Crippen molar-refractivity contribution in [2.75, 3.05) is 26.2 Å². The predicted molar refractivity (Wildman–Crippen MR) is 68.1 cm³/mol. The molecule has 1 aliphatic heterocycles. The molecule has 0 amide bonds. The molecular formula is C12H15BrF2N2O. The van der Waals surface area contributed by atoms with E-state index in [2.05, 4.69) is 20.9 Å². The predicted octanol–water partition coefficient (Wildman–Crippen LogP) is 2.95. The molecule has 1 aromatic heterocycles. The summed E-state index contributed by atoms with van der Waals surface area (Å²) in [5.74, 6) is -1.74. The van der Waals surface area contributed by atoms with Gasteiger partial charge in [-0.3, -0.25) is 4.90 Å². The number of nitrogens with zero attached hydrogens (tertiary/aromatic N) is 2. The first-order valence-electron chi connectivity index (χ1n) is 5.90. The van der Waals surface area contributed by atoms with Crippen molar-refractivity contribution >= 4 is 15.9 Å². The van der Waals surface area contributed by atoms with Gasteiger partial charge in [-0.2, -0.15) is 0 Å². The minimum Gasteiger partial charge on any atom is -0.492 e. The summed E-state index contributed by atoms with van der Waals surface area (Å²) in [4.78, 5) is 6.00. The Morgan fingerprint density at radius 3 is 2.78 bits per heavy atom. The number of rotatable bonds is 4. The molecule has 1 aromatic rings. The molecule has 2 rings (SSSR count). The van der Waals surface area contributed by atoms with E-state index < -0.39 is 5.92 Å². The second kappa shape index (κ2) is 5.93. The minimum atomic E-state index is -2.48. The van der Waals surface area contributed by atoms with Gasteiger partial charge in [-0.25, -0.2) is 13.8 Å². The van der Waals surface area contributed by atoms with Crippen molar-refractivity contribution < 1.29 is 13.5 Å². The van der Waals surface area contributed by atoms with E-state index in [9.17, 15) is 8.78 Å². The fraction of sp³-hybridized carbons (Fsp3) is 0.583. The molecule has 0 N–H and O–H groups in total. The highest BCUT2D eigenvalue weighted by Crippen LogP contribution is 2.27. The van der Waals surface area contributed by atoms with Crippen LogP contribution in [-0.4, -0.2) is 42.0 Å². The molecule has 3 nitrogen and oxygen atoms in total. The van der Waals surface area contributed by atoms with E-state index in [4.69, 9.17) is 4.74 Å². The fourth-order valence-corrected chi connectivity index (χ4v) is 2.21. The van der Waals surface area contributed by atoms with E-state index in [0.717, 1.165) is 10.4 Å². The Morgan fingerprint density at radius 2 is 2.11 bits per heavy atom. The van der Waals surface area contributed by atoms with Gasteiger partial charge < -0.3 is 4.74 Å². The van der Waals surface area contributed by atoms with E-state index >= 15 is 0 Å². The van der Waals surface area contributed by atoms with Gasteiger partial charge in [-0.05, 0) is 22.0 Å². The van der Waals surface area contributed by atoms with E-state index in [1.807, 2.05) is 4.90 Å². The van der Waals surface area contributed by atoms with Gasteiger partial charge in [0, 0.05) is 44.7 Å². The third-order valence-corrected chi connectivity index (χ3v) is 3.40. The topological polar surface area (TPSA) is 25.4 Å². The molecule has 1 saturated heterocycles. The first-order valence-corrected chi connectivity index (χ1v) is 6.69. The van der Waals surface area contributed by atoms with Crippen LogP contribution in [0.2, 0.25) is 0 Å². The molecule has 2 heterocycles. The molecule has 0 saturated carbocycles. The molecule has 0 aliphatic carbocycles. The van der Waals surface area contributed by atoms with Gasteiger partial charge in [0.2, 0.25) is 0 Å². The third kappa shape index (κ3) is 4.17. The third-order valence-electron chi connectivity index (χ3n) is 2.96. The number of halogens is 3. The second-order valence-electron chi connectivity index (χ2n) is 4.36. The van der Waals surface area contributed by atoms with Gasteiger partial charge in [-0.1, -0.05) is 0 Å². The van der Waals surface area contributed by atoms with Crippen molar-refractivity contribution in [3.8, 4) is 5.75 Å². The highest BCUT2D eigenvalue weighted by atomic mass is 79.9. The first kappa shape index (κ1) is 13.7. The summed E-state index contributed by atoms with van der Waals surface area (Å²) in [6, 6.07) is 3.56. The molecular weight excluding hydrogens is 306 g/mol. The van der Waals surface area contributed by atoms with Gasteiger partial charge in [0.25, 0.3) is 5.92 Å². The SMILES string of the molecule is FC1(F)CCN(CCOc2ccnc(Br)c2)CC1. The molecule has 0 unspecified atom stereocenters. The van der Waals surface area contributed by atoms with E-state index in [1.165, 1.54) is 0 Å². The summed E-state index contributed by atoms with van der Waals surface area (Å²) in [7, 11) is 0. The number of hydrogen-bond donors (Lipinski definition) is 0.